The fraction of sp³-hybridized carbons (Fsp3) is 0.667. The Bertz CT molecular complexity index is 266. The molecule has 1 unspecified atom stereocenters. The van der Waals surface area contributed by atoms with Crippen LogP contribution in [0.4, 0.5) is 0 Å². The van der Waals surface area contributed by atoms with E-state index in [1.807, 2.05) is 18.0 Å². The SMILES string of the molecule is NCCc1ccnn1C1CCSC1. The molecule has 0 saturated carbocycles. The van der Waals surface area contributed by atoms with E-state index >= 15 is 0 Å². The van der Waals surface area contributed by atoms with E-state index in [4.69, 9.17) is 5.73 Å². The summed E-state index contributed by atoms with van der Waals surface area (Å²) in [4.78, 5) is 0. The fourth-order valence-corrected chi connectivity index (χ4v) is 2.92. The minimum Gasteiger partial charge on any atom is -0.330 e. The van der Waals surface area contributed by atoms with Gasteiger partial charge in [-0.25, -0.2) is 0 Å². The van der Waals surface area contributed by atoms with Gasteiger partial charge in [-0.1, -0.05) is 0 Å². The normalized spacial score (nSPS) is 22.4. The van der Waals surface area contributed by atoms with E-state index in [9.17, 15) is 0 Å². The predicted octanol–water partition coefficient (Wildman–Crippen LogP) is 1.06. The second kappa shape index (κ2) is 4.15. The van der Waals surface area contributed by atoms with Gasteiger partial charge in [-0.2, -0.15) is 16.9 Å². The molecule has 1 aromatic rings. The van der Waals surface area contributed by atoms with E-state index < -0.39 is 0 Å². The maximum Gasteiger partial charge on any atom is 0.0620 e. The number of aromatic nitrogens is 2. The van der Waals surface area contributed by atoms with Crippen molar-refractivity contribution in [3.8, 4) is 0 Å². The molecule has 13 heavy (non-hydrogen) atoms. The van der Waals surface area contributed by atoms with Crippen LogP contribution in [0.2, 0.25) is 0 Å². The molecule has 0 radical (unpaired) electrons. The first kappa shape index (κ1) is 9.09. The van der Waals surface area contributed by atoms with Gasteiger partial charge in [-0.05, 0) is 24.8 Å². The molecule has 0 bridgehead atoms. The average molecular weight is 197 g/mol. The summed E-state index contributed by atoms with van der Waals surface area (Å²) in [6, 6.07) is 2.69. The van der Waals surface area contributed by atoms with Crippen LogP contribution in [-0.2, 0) is 6.42 Å². The lowest BCUT2D eigenvalue weighted by Crippen LogP contribution is -2.15. The molecule has 1 fully saturated rings. The third kappa shape index (κ3) is 1.89. The fourth-order valence-electron chi connectivity index (χ4n) is 1.73. The van der Waals surface area contributed by atoms with Gasteiger partial charge in [0.05, 0.1) is 6.04 Å². The zero-order valence-corrected chi connectivity index (χ0v) is 8.46. The largest absolute Gasteiger partial charge is 0.330 e. The van der Waals surface area contributed by atoms with Crippen molar-refractivity contribution >= 4 is 11.8 Å². The zero-order valence-electron chi connectivity index (χ0n) is 7.65. The summed E-state index contributed by atoms with van der Waals surface area (Å²) in [7, 11) is 0. The quantitative estimate of drug-likeness (QED) is 0.788. The molecule has 4 heteroatoms. The Balaban J connectivity index is 2.13. The number of rotatable bonds is 3. The number of thioether (sulfide) groups is 1. The van der Waals surface area contributed by atoms with Crippen LogP contribution in [0.5, 0.6) is 0 Å². The van der Waals surface area contributed by atoms with Gasteiger partial charge in [0, 0.05) is 24.1 Å². The molecular formula is C9H15N3S. The molecule has 0 aliphatic carbocycles. The van der Waals surface area contributed by atoms with Gasteiger partial charge in [-0.3, -0.25) is 4.68 Å². The molecule has 0 aromatic carbocycles. The lowest BCUT2D eigenvalue weighted by molar-refractivity contribution is 0.482. The van der Waals surface area contributed by atoms with Crippen molar-refractivity contribution < 1.29 is 0 Å². The lowest BCUT2D eigenvalue weighted by Gasteiger charge is -2.12. The molecule has 1 aliphatic heterocycles. The molecule has 2 heterocycles. The van der Waals surface area contributed by atoms with E-state index in [-0.39, 0.29) is 0 Å². The number of hydrogen-bond acceptors (Lipinski definition) is 3. The summed E-state index contributed by atoms with van der Waals surface area (Å²) in [6.07, 6.45) is 4.08. The van der Waals surface area contributed by atoms with Crippen molar-refractivity contribution in [3.63, 3.8) is 0 Å². The van der Waals surface area contributed by atoms with Gasteiger partial charge in [0.15, 0.2) is 0 Å². The molecule has 1 aromatic heterocycles. The molecule has 72 valence electrons. The van der Waals surface area contributed by atoms with Crippen LogP contribution in [-0.4, -0.2) is 27.8 Å². The first-order chi connectivity index (χ1) is 6.42. The first-order valence-corrected chi connectivity index (χ1v) is 5.87. The predicted molar refractivity (Wildman–Crippen MR) is 56.0 cm³/mol. The van der Waals surface area contributed by atoms with Crippen molar-refractivity contribution in [1.82, 2.24) is 9.78 Å². The van der Waals surface area contributed by atoms with Crippen LogP contribution in [0.15, 0.2) is 12.3 Å². The minimum absolute atomic E-state index is 0.613. The standard InChI is InChI=1S/C9H15N3S/c10-4-1-8-2-5-11-12(8)9-3-6-13-7-9/h2,5,9H,1,3-4,6-7,10H2. The summed E-state index contributed by atoms with van der Waals surface area (Å²) in [5.74, 6) is 2.48. The molecule has 2 N–H and O–H groups in total. The van der Waals surface area contributed by atoms with Crippen LogP contribution in [0.1, 0.15) is 18.2 Å². The van der Waals surface area contributed by atoms with E-state index in [0.717, 1.165) is 6.42 Å². The van der Waals surface area contributed by atoms with E-state index in [0.29, 0.717) is 12.6 Å². The van der Waals surface area contributed by atoms with Crippen molar-refractivity contribution in [1.29, 1.82) is 0 Å². The number of nitrogens with zero attached hydrogens (tertiary/aromatic N) is 2. The smallest absolute Gasteiger partial charge is 0.0620 e. The van der Waals surface area contributed by atoms with Crippen LogP contribution < -0.4 is 5.73 Å². The Kier molecular flexibility index (Phi) is 2.90. The molecule has 0 spiro atoms. The maximum atomic E-state index is 5.54. The lowest BCUT2D eigenvalue weighted by atomic mass is 10.2. The third-order valence-corrected chi connectivity index (χ3v) is 3.55. The maximum absolute atomic E-state index is 5.54. The highest BCUT2D eigenvalue weighted by atomic mass is 32.2. The summed E-state index contributed by atoms with van der Waals surface area (Å²) in [5, 5.41) is 4.36. The van der Waals surface area contributed by atoms with E-state index in [1.165, 1.54) is 23.6 Å². The molecule has 3 nitrogen and oxygen atoms in total. The minimum atomic E-state index is 0.613. The first-order valence-electron chi connectivity index (χ1n) is 4.72. The Hall–Kier alpha value is -0.480. The monoisotopic (exact) mass is 197 g/mol. The van der Waals surface area contributed by atoms with Crippen LogP contribution >= 0.6 is 11.8 Å². The average Bonchev–Trinajstić information content (AvgIpc) is 2.71. The summed E-state index contributed by atoms with van der Waals surface area (Å²) < 4.78 is 2.16. The van der Waals surface area contributed by atoms with Gasteiger partial charge < -0.3 is 5.73 Å². The van der Waals surface area contributed by atoms with Gasteiger partial charge >= 0.3 is 0 Å². The molecule has 0 amide bonds. The van der Waals surface area contributed by atoms with E-state index in [2.05, 4.69) is 15.8 Å². The number of nitrogens with two attached hydrogens (primary N) is 1. The van der Waals surface area contributed by atoms with Crippen molar-refractivity contribution in [2.45, 2.75) is 18.9 Å². The highest BCUT2D eigenvalue weighted by Gasteiger charge is 2.19. The summed E-state index contributed by atoms with van der Waals surface area (Å²) >= 11 is 2.02. The van der Waals surface area contributed by atoms with Gasteiger partial charge in [0.25, 0.3) is 0 Å². The third-order valence-electron chi connectivity index (χ3n) is 2.40. The van der Waals surface area contributed by atoms with Crippen LogP contribution in [0.25, 0.3) is 0 Å². The highest BCUT2D eigenvalue weighted by Crippen LogP contribution is 2.28. The van der Waals surface area contributed by atoms with Crippen molar-refractivity contribution in [3.05, 3.63) is 18.0 Å². The zero-order chi connectivity index (χ0) is 9.10. The van der Waals surface area contributed by atoms with Crippen molar-refractivity contribution in [2.24, 2.45) is 5.73 Å². The van der Waals surface area contributed by atoms with Gasteiger partial charge in [0.1, 0.15) is 0 Å². The molecule has 1 saturated heterocycles. The van der Waals surface area contributed by atoms with E-state index in [1.54, 1.807) is 0 Å². The van der Waals surface area contributed by atoms with Crippen LogP contribution in [0, 0.1) is 0 Å². The topological polar surface area (TPSA) is 43.8 Å². The summed E-state index contributed by atoms with van der Waals surface area (Å²) in [5.41, 5.74) is 6.83. The Morgan fingerprint density at radius 2 is 2.62 bits per heavy atom. The van der Waals surface area contributed by atoms with Gasteiger partial charge in [0.2, 0.25) is 0 Å². The molecular weight excluding hydrogens is 182 g/mol. The Morgan fingerprint density at radius 1 is 1.69 bits per heavy atom. The van der Waals surface area contributed by atoms with Crippen LogP contribution in [0.3, 0.4) is 0 Å². The second-order valence-corrected chi connectivity index (χ2v) is 4.47. The Labute approximate surface area is 82.7 Å². The summed E-state index contributed by atoms with van der Waals surface area (Å²) in [6.45, 7) is 0.714. The number of hydrogen-bond donors (Lipinski definition) is 1. The second-order valence-electron chi connectivity index (χ2n) is 3.32. The Morgan fingerprint density at radius 3 is 3.31 bits per heavy atom. The highest BCUT2D eigenvalue weighted by molar-refractivity contribution is 7.99. The molecule has 1 aliphatic rings. The van der Waals surface area contributed by atoms with Gasteiger partial charge in [-0.15, -0.1) is 0 Å². The molecule has 2 rings (SSSR count). The van der Waals surface area contributed by atoms with Crippen molar-refractivity contribution in [2.75, 3.05) is 18.1 Å². The molecule has 1 atom stereocenters.